The van der Waals surface area contributed by atoms with Crippen LogP contribution in [-0.2, 0) is 14.8 Å². The Morgan fingerprint density at radius 1 is 1.44 bits per heavy atom. The third-order valence-electron chi connectivity index (χ3n) is 2.90. The topological polar surface area (TPSA) is 107 Å². The highest BCUT2D eigenvalue weighted by molar-refractivity contribution is 7.89. The van der Waals surface area contributed by atoms with E-state index >= 15 is 0 Å². The van der Waals surface area contributed by atoms with Gasteiger partial charge < -0.3 is 15.5 Å². The molecule has 1 atom stereocenters. The molecular formula is C10H20N2O5S. The predicted octanol–water partition coefficient (Wildman–Crippen LogP) is -1.16. The van der Waals surface area contributed by atoms with Crippen molar-refractivity contribution in [2.24, 2.45) is 0 Å². The molecule has 0 aliphatic carbocycles. The average Bonchev–Trinajstić information content (AvgIpc) is 2.79. The molecule has 1 saturated heterocycles. The molecule has 0 bridgehead atoms. The average molecular weight is 280 g/mol. The quantitative estimate of drug-likeness (QED) is 0.517. The molecule has 0 saturated carbocycles. The second kappa shape index (κ2) is 7.03. The van der Waals surface area contributed by atoms with Gasteiger partial charge in [0.25, 0.3) is 0 Å². The van der Waals surface area contributed by atoms with Crippen molar-refractivity contribution in [3.63, 3.8) is 0 Å². The number of carboxylic acid groups (broad SMARTS) is 1. The first-order valence-electron chi connectivity index (χ1n) is 5.99. The SMILES string of the molecule is O=C(O)CCS(=O)(=O)N(CCO)CC1CCCN1. The minimum absolute atomic E-state index is 0.0140. The number of nitrogens with zero attached hydrogens (tertiary/aromatic N) is 1. The highest BCUT2D eigenvalue weighted by atomic mass is 32.2. The Hall–Kier alpha value is -0.700. The van der Waals surface area contributed by atoms with Crippen molar-refractivity contribution < 1.29 is 23.4 Å². The van der Waals surface area contributed by atoms with E-state index in [4.69, 9.17) is 10.2 Å². The monoisotopic (exact) mass is 280 g/mol. The van der Waals surface area contributed by atoms with Crippen LogP contribution < -0.4 is 5.32 Å². The molecule has 0 aromatic heterocycles. The van der Waals surface area contributed by atoms with E-state index in [1.165, 1.54) is 4.31 Å². The fourth-order valence-corrected chi connectivity index (χ4v) is 3.42. The smallest absolute Gasteiger partial charge is 0.304 e. The highest BCUT2D eigenvalue weighted by Crippen LogP contribution is 2.11. The molecule has 1 heterocycles. The molecule has 0 aromatic rings. The number of rotatable bonds is 8. The zero-order valence-electron chi connectivity index (χ0n) is 10.2. The van der Waals surface area contributed by atoms with Crippen molar-refractivity contribution in [3.05, 3.63) is 0 Å². The van der Waals surface area contributed by atoms with E-state index in [9.17, 15) is 13.2 Å². The Balaban J connectivity index is 2.60. The van der Waals surface area contributed by atoms with Gasteiger partial charge in [-0.15, -0.1) is 0 Å². The van der Waals surface area contributed by atoms with Gasteiger partial charge in [0.05, 0.1) is 18.8 Å². The Bertz CT molecular complexity index is 364. The zero-order valence-corrected chi connectivity index (χ0v) is 11.0. The van der Waals surface area contributed by atoms with Crippen LogP contribution in [0.3, 0.4) is 0 Å². The third-order valence-corrected chi connectivity index (χ3v) is 4.74. The second-order valence-electron chi connectivity index (χ2n) is 4.33. The van der Waals surface area contributed by atoms with Gasteiger partial charge in [-0.1, -0.05) is 0 Å². The number of aliphatic hydroxyl groups is 1. The van der Waals surface area contributed by atoms with Gasteiger partial charge in [0.15, 0.2) is 0 Å². The van der Waals surface area contributed by atoms with E-state index in [1.807, 2.05) is 0 Å². The van der Waals surface area contributed by atoms with Crippen LogP contribution in [0.25, 0.3) is 0 Å². The molecule has 1 unspecified atom stereocenters. The summed E-state index contributed by atoms with van der Waals surface area (Å²) in [6.07, 6.45) is 1.49. The molecule has 8 heteroatoms. The van der Waals surface area contributed by atoms with E-state index < -0.39 is 28.2 Å². The summed E-state index contributed by atoms with van der Waals surface area (Å²) in [5.74, 6) is -1.56. The van der Waals surface area contributed by atoms with Crippen LogP contribution >= 0.6 is 0 Å². The van der Waals surface area contributed by atoms with Crippen molar-refractivity contribution in [3.8, 4) is 0 Å². The standard InChI is InChI=1S/C10H20N2O5S/c13-6-5-12(8-9-2-1-4-11-9)18(16,17)7-3-10(14)15/h9,11,13H,1-8H2,(H,14,15). The minimum atomic E-state index is -3.61. The Kier molecular flexibility index (Phi) is 6.00. The van der Waals surface area contributed by atoms with E-state index in [2.05, 4.69) is 5.32 Å². The van der Waals surface area contributed by atoms with Gasteiger partial charge in [0, 0.05) is 19.1 Å². The number of sulfonamides is 1. The van der Waals surface area contributed by atoms with Crippen LogP contribution in [-0.4, -0.2) is 66.9 Å². The van der Waals surface area contributed by atoms with Gasteiger partial charge in [-0.25, -0.2) is 8.42 Å². The lowest BCUT2D eigenvalue weighted by Crippen LogP contribution is -2.43. The molecule has 106 valence electrons. The van der Waals surface area contributed by atoms with Gasteiger partial charge in [0.1, 0.15) is 0 Å². The van der Waals surface area contributed by atoms with Crippen LogP contribution in [0, 0.1) is 0 Å². The van der Waals surface area contributed by atoms with Crippen molar-refractivity contribution in [2.75, 3.05) is 32.0 Å². The fourth-order valence-electron chi connectivity index (χ4n) is 1.96. The highest BCUT2D eigenvalue weighted by Gasteiger charge is 2.26. The first-order chi connectivity index (χ1) is 8.45. The van der Waals surface area contributed by atoms with Crippen LogP contribution in [0.1, 0.15) is 19.3 Å². The summed E-state index contributed by atoms with van der Waals surface area (Å²) in [5, 5.41) is 20.6. The van der Waals surface area contributed by atoms with E-state index in [0.717, 1.165) is 19.4 Å². The van der Waals surface area contributed by atoms with Crippen molar-refractivity contribution in [2.45, 2.75) is 25.3 Å². The van der Waals surface area contributed by atoms with Gasteiger partial charge in [-0.05, 0) is 19.4 Å². The van der Waals surface area contributed by atoms with E-state index in [-0.39, 0.29) is 19.2 Å². The van der Waals surface area contributed by atoms with E-state index in [0.29, 0.717) is 6.54 Å². The molecule has 0 aromatic carbocycles. The van der Waals surface area contributed by atoms with Crippen molar-refractivity contribution in [1.82, 2.24) is 9.62 Å². The normalized spacial score (nSPS) is 20.4. The number of aliphatic hydroxyl groups excluding tert-OH is 1. The molecule has 0 radical (unpaired) electrons. The zero-order chi connectivity index (χ0) is 13.6. The Morgan fingerprint density at radius 3 is 2.67 bits per heavy atom. The van der Waals surface area contributed by atoms with Gasteiger partial charge in [0.2, 0.25) is 10.0 Å². The van der Waals surface area contributed by atoms with Crippen LogP contribution in [0.5, 0.6) is 0 Å². The third kappa shape index (κ3) is 4.89. The summed E-state index contributed by atoms with van der Waals surface area (Å²) >= 11 is 0. The van der Waals surface area contributed by atoms with Crippen molar-refractivity contribution in [1.29, 1.82) is 0 Å². The lowest BCUT2D eigenvalue weighted by Gasteiger charge is -2.24. The largest absolute Gasteiger partial charge is 0.481 e. The summed E-state index contributed by atoms with van der Waals surface area (Å²) < 4.78 is 25.1. The minimum Gasteiger partial charge on any atom is -0.481 e. The predicted molar refractivity (Wildman–Crippen MR) is 65.7 cm³/mol. The lowest BCUT2D eigenvalue weighted by atomic mass is 10.2. The first kappa shape index (κ1) is 15.4. The fraction of sp³-hybridized carbons (Fsp3) is 0.900. The van der Waals surface area contributed by atoms with Crippen LogP contribution in [0.4, 0.5) is 0 Å². The summed E-state index contributed by atoms with van der Waals surface area (Å²) in [5.41, 5.74) is 0. The molecule has 18 heavy (non-hydrogen) atoms. The molecule has 1 rings (SSSR count). The van der Waals surface area contributed by atoms with Gasteiger partial charge in [-0.2, -0.15) is 4.31 Å². The number of nitrogens with one attached hydrogen (secondary N) is 1. The molecule has 0 spiro atoms. The van der Waals surface area contributed by atoms with Crippen molar-refractivity contribution >= 4 is 16.0 Å². The molecular weight excluding hydrogens is 260 g/mol. The Morgan fingerprint density at radius 2 is 2.17 bits per heavy atom. The maximum atomic E-state index is 11.9. The summed E-state index contributed by atoms with van der Waals surface area (Å²) in [4.78, 5) is 10.4. The maximum absolute atomic E-state index is 11.9. The van der Waals surface area contributed by atoms with Crippen LogP contribution in [0.15, 0.2) is 0 Å². The number of hydrogen-bond donors (Lipinski definition) is 3. The Labute approximate surface area is 107 Å². The van der Waals surface area contributed by atoms with Crippen LogP contribution in [0.2, 0.25) is 0 Å². The number of hydrogen-bond acceptors (Lipinski definition) is 5. The summed E-state index contributed by atoms with van der Waals surface area (Å²) in [7, 11) is -3.61. The molecule has 1 fully saturated rings. The molecule has 0 amide bonds. The number of carboxylic acids is 1. The second-order valence-corrected chi connectivity index (χ2v) is 6.42. The molecule has 1 aliphatic rings. The number of carbonyl (C=O) groups is 1. The van der Waals surface area contributed by atoms with E-state index in [1.54, 1.807) is 0 Å². The molecule has 1 aliphatic heterocycles. The maximum Gasteiger partial charge on any atom is 0.304 e. The molecule has 3 N–H and O–H groups in total. The number of aliphatic carboxylic acids is 1. The van der Waals surface area contributed by atoms with Gasteiger partial charge >= 0.3 is 5.97 Å². The summed E-state index contributed by atoms with van der Waals surface area (Å²) in [6.45, 7) is 0.911. The first-order valence-corrected chi connectivity index (χ1v) is 7.60. The molecule has 7 nitrogen and oxygen atoms in total. The van der Waals surface area contributed by atoms with Gasteiger partial charge in [-0.3, -0.25) is 4.79 Å². The lowest BCUT2D eigenvalue weighted by molar-refractivity contribution is -0.136. The summed E-state index contributed by atoms with van der Waals surface area (Å²) in [6, 6.07) is 0.0937.